The van der Waals surface area contributed by atoms with Crippen molar-refractivity contribution >= 4 is 23.9 Å². The molecule has 0 saturated carbocycles. The molecule has 0 heterocycles. The van der Waals surface area contributed by atoms with Crippen LogP contribution in [0, 0.1) is 5.41 Å². The van der Waals surface area contributed by atoms with Crippen molar-refractivity contribution in [2.45, 2.75) is 156 Å². The lowest BCUT2D eigenvalue weighted by atomic mass is 9.93. The van der Waals surface area contributed by atoms with Gasteiger partial charge in [-0.1, -0.05) is 105 Å². The molecule has 0 aromatic carbocycles. The summed E-state index contributed by atoms with van der Waals surface area (Å²) in [5, 5.41) is 66.8. The number of carbonyl (C=O) groups is 4. The Labute approximate surface area is 271 Å². The topological polar surface area (TPSA) is 230 Å². The maximum Gasteiger partial charge on any atom is 0.303 e. The van der Waals surface area contributed by atoms with E-state index in [9.17, 15) is 19.2 Å². The van der Waals surface area contributed by atoms with Crippen molar-refractivity contribution < 1.29 is 60.0 Å². The summed E-state index contributed by atoms with van der Waals surface area (Å²) in [5.74, 6) is -2.70. The molecule has 0 aliphatic rings. The van der Waals surface area contributed by atoms with Gasteiger partial charge < -0.3 is 40.9 Å². The smallest absolute Gasteiger partial charge is 0.303 e. The van der Waals surface area contributed by atoms with Gasteiger partial charge in [-0.2, -0.15) is 0 Å². The van der Waals surface area contributed by atoms with Crippen molar-refractivity contribution in [3.63, 3.8) is 0 Å². The van der Waals surface area contributed by atoms with Crippen LogP contribution in [0.15, 0.2) is 0 Å². The van der Waals surface area contributed by atoms with Gasteiger partial charge in [-0.25, -0.2) is 0 Å². The number of aliphatic hydroxyl groups is 4. The zero-order valence-corrected chi connectivity index (χ0v) is 28.7. The number of aliphatic carboxylic acids is 4. The van der Waals surface area contributed by atoms with Crippen LogP contribution in [0.3, 0.4) is 0 Å². The van der Waals surface area contributed by atoms with Gasteiger partial charge in [-0.05, 0) is 25.7 Å². The maximum atomic E-state index is 9.96. The summed E-state index contributed by atoms with van der Waals surface area (Å²) in [6.45, 7) is 6.82. The van der Waals surface area contributed by atoms with E-state index in [1.165, 1.54) is 25.7 Å². The van der Waals surface area contributed by atoms with Gasteiger partial charge in [0.15, 0.2) is 0 Å². The molecule has 0 aromatic rings. The minimum absolute atomic E-state index is 0.333. The number of aliphatic hydroxyl groups excluding tert-OH is 4. The van der Waals surface area contributed by atoms with Crippen molar-refractivity contribution in [2.24, 2.45) is 5.41 Å². The Morgan fingerprint density at radius 2 is 0.533 bits per heavy atom. The predicted octanol–water partition coefficient (Wildman–Crippen LogP) is 6.11. The van der Waals surface area contributed by atoms with Gasteiger partial charge in [0.2, 0.25) is 0 Å². The zero-order valence-electron chi connectivity index (χ0n) is 28.7. The number of carboxylic acid groups (broad SMARTS) is 4. The number of carboxylic acids is 4. The van der Waals surface area contributed by atoms with Crippen molar-refractivity contribution in [3.05, 3.63) is 0 Å². The average molecular weight is 657 g/mol. The summed E-state index contributed by atoms with van der Waals surface area (Å²) < 4.78 is 0. The summed E-state index contributed by atoms with van der Waals surface area (Å²) in [6, 6.07) is 0. The van der Waals surface area contributed by atoms with E-state index in [4.69, 9.17) is 40.9 Å². The SMILES string of the molecule is CCCCCCC(=O)O.CCCCCCC(=O)O.CCCCCCC(=O)O.CCCCCCC(=O)O.OCC(CO)(CO)CO. The molecule has 0 saturated heterocycles. The molecule has 0 rings (SSSR count). The Bertz CT molecular complexity index is 532. The first-order valence-corrected chi connectivity index (χ1v) is 16.6. The number of unbranched alkanes of at least 4 members (excludes halogenated alkanes) is 12. The molecule has 0 atom stereocenters. The molecule has 12 heteroatoms. The van der Waals surface area contributed by atoms with Gasteiger partial charge in [0.25, 0.3) is 0 Å². The highest BCUT2D eigenvalue weighted by Crippen LogP contribution is 2.12. The molecule has 0 aromatic heterocycles. The van der Waals surface area contributed by atoms with Crippen LogP contribution < -0.4 is 0 Å². The third-order valence-electron chi connectivity index (χ3n) is 6.32. The first kappa shape index (κ1) is 52.3. The molecule has 0 aliphatic carbocycles. The van der Waals surface area contributed by atoms with Gasteiger partial charge in [0.05, 0.1) is 31.8 Å². The van der Waals surface area contributed by atoms with Gasteiger partial charge in [0, 0.05) is 25.7 Å². The van der Waals surface area contributed by atoms with E-state index >= 15 is 0 Å². The minimum atomic E-state index is -1.11. The van der Waals surface area contributed by atoms with Crippen molar-refractivity contribution in [2.75, 3.05) is 26.4 Å². The van der Waals surface area contributed by atoms with Crippen molar-refractivity contribution in [3.8, 4) is 0 Å². The van der Waals surface area contributed by atoms with Crippen LogP contribution in [0.1, 0.15) is 156 Å². The van der Waals surface area contributed by atoms with Gasteiger partial charge in [-0.15, -0.1) is 0 Å². The standard InChI is InChI=1S/4C7H14O2.C5H12O4/c4*1-2-3-4-5-6-7(8)9;6-1-5(2-7,3-8)4-9/h4*2-6H2,1H3,(H,8,9);6-9H,1-4H2. The molecule has 0 unspecified atom stereocenters. The molecule has 0 radical (unpaired) electrons. The zero-order chi connectivity index (χ0) is 35.8. The first-order chi connectivity index (χ1) is 21.3. The molecule has 12 nitrogen and oxygen atoms in total. The minimum Gasteiger partial charge on any atom is -0.481 e. The van der Waals surface area contributed by atoms with E-state index in [1.54, 1.807) is 0 Å². The highest BCUT2D eigenvalue weighted by Gasteiger charge is 2.26. The molecular formula is C33H68O12. The summed E-state index contributed by atoms with van der Waals surface area (Å²) in [5.41, 5.74) is -1.11. The van der Waals surface area contributed by atoms with Crippen LogP contribution in [0.2, 0.25) is 0 Å². The van der Waals surface area contributed by atoms with E-state index in [-0.39, 0.29) is 0 Å². The van der Waals surface area contributed by atoms with Gasteiger partial charge in [-0.3, -0.25) is 19.2 Å². The average Bonchev–Trinajstić information content (AvgIpc) is 3.00. The molecule has 0 aliphatic heterocycles. The van der Waals surface area contributed by atoms with Crippen molar-refractivity contribution in [1.82, 2.24) is 0 Å². The quantitative estimate of drug-likeness (QED) is 0.0550. The Morgan fingerprint density at radius 3 is 0.622 bits per heavy atom. The second-order valence-corrected chi connectivity index (χ2v) is 11.0. The largest absolute Gasteiger partial charge is 0.481 e. The van der Waals surface area contributed by atoms with Gasteiger partial charge in [0.1, 0.15) is 0 Å². The fraction of sp³-hybridized carbons (Fsp3) is 0.879. The summed E-state index contributed by atoms with van der Waals surface area (Å²) in [4.78, 5) is 39.8. The third-order valence-corrected chi connectivity index (χ3v) is 6.32. The number of hydrogen-bond acceptors (Lipinski definition) is 8. The fourth-order valence-electron chi connectivity index (χ4n) is 3.11. The van der Waals surface area contributed by atoms with E-state index in [0.717, 1.165) is 77.0 Å². The third kappa shape index (κ3) is 57.9. The molecule has 0 spiro atoms. The maximum absolute atomic E-state index is 9.96. The first-order valence-electron chi connectivity index (χ1n) is 16.6. The lowest BCUT2D eigenvalue weighted by molar-refractivity contribution is -0.138. The molecule has 45 heavy (non-hydrogen) atoms. The molecule has 272 valence electrons. The Kier molecular flexibility index (Phi) is 50.9. The monoisotopic (exact) mass is 656 g/mol. The summed E-state index contributed by atoms with van der Waals surface area (Å²) in [7, 11) is 0. The number of hydrogen-bond donors (Lipinski definition) is 8. The normalized spacial score (nSPS) is 9.96. The fourth-order valence-corrected chi connectivity index (χ4v) is 3.11. The van der Waals surface area contributed by atoms with Crippen LogP contribution >= 0.6 is 0 Å². The Balaban J connectivity index is -0.000000148. The van der Waals surface area contributed by atoms with E-state index in [1.807, 2.05) is 0 Å². The lowest BCUT2D eigenvalue weighted by Gasteiger charge is -2.23. The van der Waals surface area contributed by atoms with Crippen LogP contribution in [0.4, 0.5) is 0 Å². The van der Waals surface area contributed by atoms with Gasteiger partial charge >= 0.3 is 23.9 Å². The van der Waals surface area contributed by atoms with E-state index < -0.39 is 55.7 Å². The van der Waals surface area contributed by atoms with Crippen LogP contribution in [0.5, 0.6) is 0 Å². The summed E-state index contributed by atoms with van der Waals surface area (Å²) in [6.07, 6.45) is 18.2. The van der Waals surface area contributed by atoms with Crippen molar-refractivity contribution in [1.29, 1.82) is 0 Å². The highest BCUT2D eigenvalue weighted by molar-refractivity contribution is 5.67. The molecular weight excluding hydrogens is 588 g/mol. The van der Waals surface area contributed by atoms with Crippen LogP contribution in [-0.4, -0.2) is 91.2 Å². The molecule has 0 bridgehead atoms. The molecule has 0 fully saturated rings. The van der Waals surface area contributed by atoms with Crippen LogP contribution in [-0.2, 0) is 19.2 Å². The second kappa shape index (κ2) is 43.8. The van der Waals surface area contributed by atoms with E-state index in [2.05, 4.69) is 27.7 Å². The second-order valence-electron chi connectivity index (χ2n) is 11.0. The highest BCUT2D eigenvalue weighted by atomic mass is 16.4. The van der Waals surface area contributed by atoms with Crippen LogP contribution in [0.25, 0.3) is 0 Å². The van der Waals surface area contributed by atoms with E-state index in [0.29, 0.717) is 25.7 Å². The molecule has 8 N–H and O–H groups in total. The Hall–Kier alpha value is -2.28. The number of rotatable bonds is 24. The lowest BCUT2D eigenvalue weighted by Crippen LogP contribution is -2.37. The summed E-state index contributed by atoms with van der Waals surface area (Å²) >= 11 is 0. The Morgan fingerprint density at radius 1 is 0.356 bits per heavy atom. The predicted molar refractivity (Wildman–Crippen MR) is 176 cm³/mol. The molecule has 0 amide bonds.